The van der Waals surface area contributed by atoms with Gasteiger partial charge in [-0.15, -0.1) is 0 Å². The molecule has 1 fully saturated rings. The number of aromatic nitrogens is 1. The van der Waals surface area contributed by atoms with Crippen LogP contribution in [0.3, 0.4) is 0 Å². The van der Waals surface area contributed by atoms with E-state index >= 15 is 0 Å². The van der Waals surface area contributed by atoms with Crippen LogP contribution in [0.15, 0.2) is 18.5 Å². The second kappa shape index (κ2) is 5.44. The fraction of sp³-hybridized carbons (Fsp3) is 0.583. The van der Waals surface area contributed by atoms with Gasteiger partial charge in [0.15, 0.2) is 0 Å². The molecular formula is C12H19N3O2. The maximum absolute atomic E-state index is 10.4. The van der Waals surface area contributed by atoms with Crippen molar-refractivity contribution in [3.05, 3.63) is 24.0 Å². The first-order valence-electron chi connectivity index (χ1n) is 5.80. The Bertz CT molecular complexity index is 373. The van der Waals surface area contributed by atoms with Gasteiger partial charge >= 0.3 is 0 Å². The molecule has 1 aliphatic rings. The minimum absolute atomic E-state index is 0.0202. The van der Waals surface area contributed by atoms with Gasteiger partial charge in [-0.3, -0.25) is 4.98 Å². The number of likely N-dealkylation sites (N-methyl/N-ethyl adjacent to an activating group) is 1. The lowest BCUT2D eigenvalue weighted by Crippen LogP contribution is -2.51. The molecule has 0 aromatic carbocycles. The van der Waals surface area contributed by atoms with Crippen LogP contribution in [0.4, 0.5) is 0 Å². The van der Waals surface area contributed by atoms with Gasteiger partial charge < -0.3 is 20.1 Å². The molecule has 17 heavy (non-hydrogen) atoms. The van der Waals surface area contributed by atoms with Gasteiger partial charge in [0.05, 0.1) is 13.2 Å². The minimum atomic E-state index is -0.596. The first kappa shape index (κ1) is 12.3. The number of ether oxygens (including phenoxy) is 1. The summed E-state index contributed by atoms with van der Waals surface area (Å²) in [5, 5.41) is 13.7. The summed E-state index contributed by atoms with van der Waals surface area (Å²) in [6.07, 6.45) is 2.73. The van der Waals surface area contributed by atoms with E-state index in [-0.39, 0.29) is 6.04 Å². The van der Waals surface area contributed by atoms with Crippen molar-refractivity contribution in [1.29, 1.82) is 0 Å². The molecule has 1 aromatic rings. The Kier molecular flexibility index (Phi) is 3.93. The van der Waals surface area contributed by atoms with Crippen molar-refractivity contribution in [2.45, 2.75) is 12.1 Å². The normalized spacial score (nSPS) is 23.4. The van der Waals surface area contributed by atoms with Crippen molar-refractivity contribution < 1.29 is 9.84 Å². The van der Waals surface area contributed by atoms with Gasteiger partial charge in [0.25, 0.3) is 0 Å². The molecule has 2 atom stereocenters. The average molecular weight is 237 g/mol. The Balaban J connectivity index is 2.15. The average Bonchev–Trinajstić information content (AvgIpc) is 2.38. The number of methoxy groups -OCH3 is 1. The van der Waals surface area contributed by atoms with Gasteiger partial charge in [0.2, 0.25) is 0 Å². The van der Waals surface area contributed by atoms with Crippen molar-refractivity contribution in [2.75, 3.05) is 33.8 Å². The van der Waals surface area contributed by atoms with Crippen molar-refractivity contribution in [3.8, 4) is 5.75 Å². The SMILES string of the molecule is COc1ccncc1C(O)[C@H]1CN(C)CCN1. The number of aliphatic hydroxyl groups excluding tert-OH is 1. The van der Waals surface area contributed by atoms with Crippen molar-refractivity contribution in [2.24, 2.45) is 0 Å². The highest BCUT2D eigenvalue weighted by Gasteiger charge is 2.27. The molecule has 1 unspecified atom stereocenters. The van der Waals surface area contributed by atoms with Crippen LogP contribution in [-0.2, 0) is 0 Å². The van der Waals surface area contributed by atoms with E-state index in [0.717, 1.165) is 25.2 Å². The summed E-state index contributed by atoms with van der Waals surface area (Å²) in [4.78, 5) is 6.25. The Hall–Kier alpha value is -1.17. The zero-order valence-electron chi connectivity index (χ0n) is 10.3. The number of nitrogens with zero attached hydrogens (tertiary/aromatic N) is 2. The molecule has 0 spiro atoms. The smallest absolute Gasteiger partial charge is 0.127 e. The van der Waals surface area contributed by atoms with Crippen LogP contribution in [0.25, 0.3) is 0 Å². The number of piperazine rings is 1. The van der Waals surface area contributed by atoms with Crippen LogP contribution in [0.2, 0.25) is 0 Å². The van der Waals surface area contributed by atoms with Crippen LogP contribution in [0, 0.1) is 0 Å². The maximum Gasteiger partial charge on any atom is 0.127 e. The molecule has 0 bridgehead atoms. The third-order valence-corrected chi connectivity index (χ3v) is 3.14. The zero-order chi connectivity index (χ0) is 12.3. The largest absolute Gasteiger partial charge is 0.496 e. The fourth-order valence-electron chi connectivity index (χ4n) is 2.16. The molecule has 94 valence electrons. The second-order valence-electron chi connectivity index (χ2n) is 4.39. The second-order valence-corrected chi connectivity index (χ2v) is 4.39. The lowest BCUT2D eigenvalue weighted by atomic mass is 10.0. The van der Waals surface area contributed by atoms with Crippen LogP contribution >= 0.6 is 0 Å². The number of hydrogen-bond donors (Lipinski definition) is 2. The summed E-state index contributed by atoms with van der Waals surface area (Å²) < 4.78 is 5.24. The fourth-order valence-corrected chi connectivity index (χ4v) is 2.16. The quantitative estimate of drug-likeness (QED) is 0.776. The standard InChI is InChI=1S/C12H19N3O2/c1-15-6-5-14-10(8-15)12(16)9-7-13-4-3-11(9)17-2/h3-4,7,10,12,14,16H,5-6,8H2,1-2H3/t10-,12?/m1/s1. The maximum atomic E-state index is 10.4. The molecule has 2 heterocycles. The summed E-state index contributed by atoms with van der Waals surface area (Å²) in [6, 6.07) is 1.79. The lowest BCUT2D eigenvalue weighted by Gasteiger charge is -2.34. The first-order valence-corrected chi connectivity index (χ1v) is 5.80. The Morgan fingerprint density at radius 3 is 3.18 bits per heavy atom. The number of pyridine rings is 1. The van der Waals surface area contributed by atoms with Gasteiger partial charge in [-0.05, 0) is 13.1 Å². The van der Waals surface area contributed by atoms with E-state index in [0.29, 0.717) is 5.75 Å². The Labute approximate surface area is 101 Å². The van der Waals surface area contributed by atoms with Crippen LogP contribution in [0.1, 0.15) is 11.7 Å². The first-order chi connectivity index (χ1) is 8.22. The lowest BCUT2D eigenvalue weighted by molar-refractivity contribution is 0.0864. The van der Waals surface area contributed by atoms with Crippen molar-refractivity contribution >= 4 is 0 Å². The van der Waals surface area contributed by atoms with E-state index in [2.05, 4.69) is 22.2 Å². The highest BCUT2D eigenvalue weighted by Crippen LogP contribution is 2.26. The van der Waals surface area contributed by atoms with Crippen molar-refractivity contribution in [3.63, 3.8) is 0 Å². The summed E-state index contributed by atoms with van der Waals surface area (Å²) in [7, 11) is 3.66. The minimum Gasteiger partial charge on any atom is -0.496 e. The number of hydrogen-bond acceptors (Lipinski definition) is 5. The van der Waals surface area contributed by atoms with Crippen LogP contribution in [-0.4, -0.2) is 54.8 Å². The topological polar surface area (TPSA) is 57.6 Å². The number of aliphatic hydroxyl groups is 1. The van der Waals surface area contributed by atoms with Crippen LogP contribution in [0.5, 0.6) is 5.75 Å². The van der Waals surface area contributed by atoms with E-state index in [9.17, 15) is 5.11 Å². The molecule has 0 radical (unpaired) electrons. The number of rotatable bonds is 3. The van der Waals surface area contributed by atoms with Gasteiger partial charge in [-0.1, -0.05) is 0 Å². The molecule has 1 aromatic heterocycles. The predicted octanol–water partition coefficient (Wildman–Crippen LogP) is 0.0272. The molecular weight excluding hydrogens is 218 g/mol. The summed E-state index contributed by atoms with van der Waals surface area (Å²) >= 11 is 0. The third kappa shape index (κ3) is 2.74. The Morgan fingerprint density at radius 2 is 2.47 bits per heavy atom. The van der Waals surface area contributed by atoms with Crippen LogP contribution < -0.4 is 10.1 Å². The monoisotopic (exact) mass is 237 g/mol. The molecule has 1 aliphatic heterocycles. The molecule has 0 aliphatic carbocycles. The van der Waals surface area contributed by atoms with Gasteiger partial charge in [-0.2, -0.15) is 0 Å². The highest BCUT2D eigenvalue weighted by molar-refractivity contribution is 5.33. The van der Waals surface area contributed by atoms with Gasteiger partial charge in [-0.25, -0.2) is 0 Å². The van der Waals surface area contributed by atoms with E-state index in [1.54, 1.807) is 25.6 Å². The molecule has 2 rings (SSSR count). The van der Waals surface area contributed by atoms with Gasteiger partial charge in [0.1, 0.15) is 11.9 Å². The molecule has 0 amide bonds. The summed E-state index contributed by atoms with van der Waals surface area (Å²) in [6.45, 7) is 2.72. The molecule has 1 saturated heterocycles. The third-order valence-electron chi connectivity index (χ3n) is 3.14. The molecule has 5 nitrogen and oxygen atoms in total. The van der Waals surface area contributed by atoms with Gasteiger partial charge in [0, 0.05) is 37.6 Å². The molecule has 5 heteroatoms. The predicted molar refractivity (Wildman–Crippen MR) is 65.0 cm³/mol. The van der Waals surface area contributed by atoms with Crippen molar-refractivity contribution in [1.82, 2.24) is 15.2 Å². The molecule has 2 N–H and O–H groups in total. The summed E-state index contributed by atoms with van der Waals surface area (Å²) in [5.74, 6) is 0.683. The van der Waals surface area contributed by atoms with E-state index in [1.807, 2.05) is 0 Å². The zero-order valence-corrected chi connectivity index (χ0v) is 10.3. The van der Waals surface area contributed by atoms with E-state index in [4.69, 9.17) is 4.74 Å². The summed E-state index contributed by atoms with van der Waals surface area (Å²) in [5.41, 5.74) is 0.739. The highest BCUT2D eigenvalue weighted by atomic mass is 16.5. The molecule has 0 saturated carbocycles. The van der Waals surface area contributed by atoms with E-state index < -0.39 is 6.10 Å². The number of nitrogens with one attached hydrogen (secondary N) is 1. The Morgan fingerprint density at radius 1 is 1.65 bits per heavy atom. The van der Waals surface area contributed by atoms with E-state index in [1.165, 1.54) is 0 Å².